The Balaban J connectivity index is 1.56. The minimum Gasteiger partial charge on any atom is -0.318 e. The van der Waals surface area contributed by atoms with Gasteiger partial charge in [-0.15, -0.1) is 0 Å². The van der Waals surface area contributed by atoms with E-state index >= 15 is 0 Å². The van der Waals surface area contributed by atoms with E-state index in [4.69, 9.17) is 23.2 Å². The van der Waals surface area contributed by atoms with Gasteiger partial charge in [0.25, 0.3) is 15.9 Å². The monoisotopic (exact) mass is 582 g/mol. The van der Waals surface area contributed by atoms with Crippen LogP contribution in [-0.2, 0) is 14.8 Å². The average molecular weight is 584 g/mol. The highest BCUT2D eigenvalue weighted by Gasteiger charge is 2.27. The number of rotatable bonds is 8. The van der Waals surface area contributed by atoms with Gasteiger partial charge in [0.2, 0.25) is 0 Å². The largest absolute Gasteiger partial charge is 0.318 e. The van der Waals surface area contributed by atoms with Crippen molar-refractivity contribution in [2.75, 3.05) is 10.8 Å². The molecular formula is C29H28Cl2N4O3S. The number of benzene rings is 3. The highest BCUT2D eigenvalue weighted by atomic mass is 35.5. The molecule has 0 aliphatic carbocycles. The molecule has 1 amide bonds. The van der Waals surface area contributed by atoms with Gasteiger partial charge in [0.1, 0.15) is 6.54 Å². The van der Waals surface area contributed by atoms with Crippen LogP contribution in [0.3, 0.4) is 0 Å². The summed E-state index contributed by atoms with van der Waals surface area (Å²) in [6.07, 6.45) is 1.55. The third-order valence-electron chi connectivity index (χ3n) is 6.42. The van der Waals surface area contributed by atoms with Crippen LogP contribution in [0.15, 0.2) is 82.8 Å². The number of anilines is 1. The maximum atomic E-state index is 13.5. The van der Waals surface area contributed by atoms with E-state index in [9.17, 15) is 13.2 Å². The minimum atomic E-state index is -4.09. The van der Waals surface area contributed by atoms with Crippen molar-refractivity contribution >= 4 is 51.0 Å². The van der Waals surface area contributed by atoms with Crippen molar-refractivity contribution < 1.29 is 13.2 Å². The Bertz CT molecular complexity index is 1670. The molecule has 0 spiro atoms. The lowest BCUT2D eigenvalue weighted by atomic mass is 10.1. The smallest absolute Gasteiger partial charge is 0.264 e. The van der Waals surface area contributed by atoms with Gasteiger partial charge >= 0.3 is 0 Å². The summed E-state index contributed by atoms with van der Waals surface area (Å²) in [4.78, 5) is 12.9. The molecule has 0 atom stereocenters. The number of carbonyl (C=O) groups excluding carboxylic acids is 1. The van der Waals surface area contributed by atoms with Crippen LogP contribution >= 0.6 is 23.2 Å². The SMILES string of the molecule is Cc1ccc(-n2c(C)cc(/C=N\NC(=O)CN(c3ccc(Cl)c(Cl)c3)S(=O)(=O)c3ccccc3)c2C)cc1C. The van der Waals surface area contributed by atoms with E-state index in [0.717, 1.165) is 26.9 Å². The molecule has 4 aromatic rings. The summed E-state index contributed by atoms with van der Waals surface area (Å²) in [6.45, 7) is 7.60. The maximum Gasteiger partial charge on any atom is 0.264 e. The number of hydrazone groups is 1. The normalized spacial score (nSPS) is 11.6. The molecule has 1 heterocycles. The highest BCUT2D eigenvalue weighted by Crippen LogP contribution is 2.30. The zero-order valence-corrected chi connectivity index (χ0v) is 24.3. The van der Waals surface area contributed by atoms with Crippen molar-refractivity contribution in [1.82, 2.24) is 9.99 Å². The molecule has 7 nitrogen and oxygen atoms in total. The molecule has 10 heteroatoms. The molecule has 0 fully saturated rings. The second-order valence-corrected chi connectivity index (χ2v) is 11.8. The Hall–Kier alpha value is -3.59. The molecule has 1 N–H and O–H groups in total. The first-order valence-electron chi connectivity index (χ1n) is 12.1. The Morgan fingerprint density at radius 2 is 1.64 bits per heavy atom. The Morgan fingerprint density at radius 3 is 2.31 bits per heavy atom. The third-order valence-corrected chi connectivity index (χ3v) is 8.95. The van der Waals surface area contributed by atoms with Crippen LogP contribution in [0, 0.1) is 27.7 Å². The van der Waals surface area contributed by atoms with Gasteiger partial charge in [-0.25, -0.2) is 13.8 Å². The van der Waals surface area contributed by atoms with E-state index in [0.29, 0.717) is 0 Å². The van der Waals surface area contributed by atoms with E-state index in [-0.39, 0.29) is 20.6 Å². The van der Waals surface area contributed by atoms with E-state index in [2.05, 4.69) is 47.1 Å². The molecule has 1 aromatic heterocycles. The Kier molecular flexibility index (Phi) is 8.49. The van der Waals surface area contributed by atoms with Crippen LogP contribution in [-0.4, -0.2) is 31.7 Å². The van der Waals surface area contributed by atoms with Crippen LogP contribution in [0.5, 0.6) is 0 Å². The van der Waals surface area contributed by atoms with Crippen LogP contribution in [0.1, 0.15) is 28.1 Å². The van der Waals surface area contributed by atoms with Gasteiger partial charge in [0.15, 0.2) is 0 Å². The van der Waals surface area contributed by atoms with Crippen molar-refractivity contribution in [3.05, 3.63) is 111 Å². The lowest BCUT2D eigenvalue weighted by Crippen LogP contribution is -2.39. The molecule has 0 aliphatic rings. The molecule has 0 saturated heterocycles. The molecule has 0 radical (unpaired) electrons. The minimum absolute atomic E-state index is 0.0335. The van der Waals surface area contributed by atoms with Crippen molar-refractivity contribution in [1.29, 1.82) is 0 Å². The number of hydrogen-bond acceptors (Lipinski definition) is 4. The molecule has 202 valence electrons. The molecule has 39 heavy (non-hydrogen) atoms. The summed E-state index contributed by atoms with van der Waals surface area (Å²) < 4.78 is 30.0. The second-order valence-electron chi connectivity index (χ2n) is 9.15. The van der Waals surface area contributed by atoms with Gasteiger partial charge in [-0.2, -0.15) is 5.10 Å². The van der Waals surface area contributed by atoms with Crippen molar-refractivity contribution in [3.63, 3.8) is 0 Å². The van der Waals surface area contributed by atoms with E-state index < -0.39 is 22.5 Å². The third kappa shape index (κ3) is 6.19. The van der Waals surface area contributed by atoms with Crippen LogP contribution in [0.25, 0.3) is 5.69 Å². The van der Waals surface area contributed by atoms with Gasteiger partial charge < -0.3 is 4.57 Å². The number of carbonyl (C=O) groups is 1. The van der Waals surface area contributed by atoms with E-state index in [1.165, 1.54) is 41.5 Å². The van der Waals surface area contributed by atoms with E-state index in [1.54, 1.807) is 24.4 Å². The first kappa shape index (κ1) is 28.4. The lowest BCUT2D eigenvalue weighted by Gasteiger charge is -2.24. The fourth-order valence-corrected chi connectivity index (χ4v) is 5.92. The number of hydrogen-bond donors (Lipinski definition) is 1. The van der Waals surface area contributed by atoms with Gasteiger partial charge in [-0.3, -0.25) is 9.10 Å². The summed E-state index contributed by atoms with van der Waals surface area (Å²) in [5.74, 6) is -0.625. The van der Waals surface area contributed by atoms with Crippen molar-refractivity contribution in [2.24, 2.45) is 5.10 Å². The van der Waals surface area contributed by atoms with Crippen LogP contribution in [0.2, 0.25) is 10.0 Å². The summed E-state index contributed by atoms with van der Waals surface area (Å²) >= 11 is 12.2. The predicted octanol–water partition coefficient (Wildman–Crippen LogP) is 6.36. The summed E-state index contributed by atoms with van der Waals surface area (Å²) in [6, 6.07) is 20.5. The van der Waals surface area contributed by atoms with Crippen molar-refractivity contribution in [3.8, 4) is 5.69 Å². The quantitative estimate of drug-likeness (QED) is 0.194. The lowest BCUT2D eigenvalue weighted by molar-refractivity contribution is -0.119. The molecule has 3 aromatic carbocycles. The topological polar surface area (TPSA) is 83.8 Å². The summed E-state index contributed by atoms with van der Waals surface area (Å²) in [5, 5.41) is 4.54. The zero-order chi connectivity index (χ0) is 28.3. The number of aromatic nitrogens is 1. The number of halogens is 2. The fraction of sp³-hybridized carbons (Fsp3) is 0.172. The highest BCUT2D eigenvalue weighted by molar-refractivity contribution is 7.92. The average Bonchev–Trinajstić information content (AvgIpc) is 3.19. The zero-order valence-electron chi connectivity index (χ0n) is 21.9. The number of aryl methyl sites for hydroxylation is 3. The van der Waals surface area contributed by atoms with Gasteiger partial charge in [-0.05, 0) is 87.4 Å². The molecular weight excluding hydrogens is 555 g/mol. The maximum absolute atomic E-state index is 13.5. The fourth-order valence-electron chi connectivity index (χ4n) is 4.19. The van der Waals surface area contributed by atoms with E-state index in [1.807, 2.05) is 19.9 Å². The molecule has 0 bridgehead atoms. The number of nitrogens with one attached hydrogen (secondary N) is 1. The summed E-state index contributed by atoms with van der Waals surface area (Å²) in [7, 11) is -4.09. The summed E-state index contributed by atoms with van der Waals surface area (Å²) in [5.41, 5.74) is 8.90. The first-order valence-corrected chi connectivity index (χ1v) is 14.3. The molecule has 0 aliphatic heterocycles. The van der Waals surface area contributed by atoms with Gasteiger partial charge in [0, 0.05) is 22.6 Å². The standard InChI is InChI=1S/C29H28Cl2N4O3S/c1-19-10-11-25(14-20(19)2)35-21(3)15-23(22(35)4)17-32-33-29(36)18-34(24-12-13-27(30)28(31)16-24)39(37,38)26-8-6-5-7-9-26/h5-17H,18H2,1-4H3,(H,33,36)/b32-17-. The first-order chi connectivity index (χ1) is 18.5. The second kappa shape index (κ2) is 11.7. The number of nitrogens with zero attached hydrogens (tertiary/aromatic N) is 3. The molecule has 0 unspecified atom stereocenters. The van der Waals surface area contributed by atoms with Crippen LogP contribution in [0.4, 0.5) is 5.69 Å². The molecule has 4 rings (SSSR count). The van der Waals surface area contributed by atoms with Gasteiger partial charge in [-0.1, -0.05) is 47.5 Å². The number of sulfonamides is 1. The number of amides is 1. The van der Waals surface area contributed by atoms with Crippen LogP contribution < -0.4 is 9.73 Å². The van der Waals surface area contributed by atoms with Gasteiger partial charge in [0.05, 0.1) is 26.8 Å². The van der Waals surface area contributed by atoms with Crippen molar-refractivity contribution in [2.45, 2.75) is 32.6 Å². The Morgan fingerprint density at radius 1 is 0.923 bits per heavy atom. The molecule has 0 saturated carbocycles. The predicted molar refractivity (Wildman–Crippen MR) is 158 cm³/mol. The Labute approximate surface area is 238 Å².